The Kier molecular flexibility index (Phi) is 4.80. The van der Waals surface area contributed by atoms with Gasteiger partial charge in [0.05, 0.1) is 26.6 Å². The van der Waals surface area contributed by atoms with Gasteiger partial charge < -0.3 is 15.0 Å². The van der Waals surface area contributed by atoms with Gasteiger partial charge in [0.1, 0.15) is 0 Å². The molecule has 5 nitrogen and oxygen atoms in total. The molecule has 1 unspecified atom stereocenters. The molecule has 0 aromatic carbocycles. The molecule has 3 aliphatic heterocycles. The summed E-state index contributed by atoms with van der Waals surface area (Å²) in [4.78, 5) is 20.0. The number of nitrogens with one attached hydrogen (secondary N) is 1. The van der Waals surface area contributed by atoms with Gasteiger partial charge in [-0.3, -0.25) is 4.79 Å². The van der Waals surface area contributed by atoms with Gasteiger partial charge >= 0.3 is 0 Å². The van der Waals surface area contributed by atoms with Crippen molar-refractivity contribution in [2.24, 2.45) is 5.92 Å². The molecule has 1 N–H and O–H groups in total. The number of piperidine rings is 3. The third-order valence-electron chi connectivity index (χ3n) is 4.62. The highest BCUT2D eigenvalue weighted by Crippen LogP contribution is 2.38. The molecule has 8 heteroatoms. The van der Waals surface area contributed by atoms with Crippen LogP contribution in [-0.4, -0.2) is 48.6 Å². The van der Waals surface area contributed by atoms with Gasteiger partial charge in [0, 0.05) is 12.6 Å². The summed E-state index contributed by atoms with van der Waals surface area (Å²) in [5.74, 6) is 0.713. The molecule has 24 heavy (non-hydrogen) atoms. The van der Waals surface area contributed by atoms with Gasteiger partial charge in [-0.2, -0.15) is 0 Å². The number of ether oxygens (including phenoxy) is 1. The van der Waals surface area contributed by atoms with Crippen molar-refractivity contribution in [3.05, 3.63) is 23.2 Å². The Morgan fingerprint density at radius 2 is 2.17 bits per heavy atom. The van der Waals surface area contributed by atoms with Crippen LogP contribution in [0.2, 0.25) is 0 Å². The minimum atomic E-state index is 0.0625. The minimum Gasteiger partial charge on any atom is -0.473 e. The number of hydrogen-bond acceptors (Lipinski definition) is 7. The Labute approximate surface area is 153 Å². The number of aromatic nitrogens is 1. The maximum atomic E-state index is 12.5. The summed E-state index contributed by atoms with van der Waals surface area (Å²) in [6.45, 7) is 3.38. The Morgan fingerprint density at radius 3 is 2.83 bits per heavy atom. The topological polar surface area (TPSA) is 54.5 Å². The van der Waals surface area contributed by atoms with Crippen LogP contribution in [-0.2, 0) is 0 Å². The van der Waals surface area contributed by atoms with Crippen LogP contribution in [0.5, 0.6) is 5.19 Å². The van der Waals surface area contributed by atoms with Crippen molar-refractivity contribution in [2.75, 3.05) is 26.7 Å². The van der Waals surface area contributed by atoms with Gasteiger partial charge in [-0.1, -0.05) is 23.1 Å². The number of fused-ring (bicyclic) bond motifs is 3. The van der Waals surface area contributed by atoms with Crippen LogP contribution >= 0.6 is 34.4 Å². The van der Waals surface area contributed by atoms with E-state index < -0.39 is 0 Å². The summed E-state index contributed by atoms with van der Waals surface area (Å²) in [6, 6.07) is 4.23. The molecular formula is C16H19N3O2S3. The van der Waals surface area contributed by atoms with Crippen LogP contribution in [0, 0.1) is 5.92 Å². The SMILES string of the molecule is COc1ncc(Sc2ccc(C(=O)NC3CN4CCC3CC4)s2)s1. The van der Waals surface area contributed by atoms with Crippen molar-refractivity contribution in [2.45, 2.75) is 27.3 Å². The number of amides is 1. The molecule has 0 spiro atoms. The lowest BCUT2D eigenvalue weighted by molar-refractivity contribution is 0.0622. The fourth-order valence-electron chi connectivity index (χ4n) is 3.35. The van der Waals surface area contributed by atoms with Crippen molar-refractivity contribution in [1.29, 1.82) is 0 Å². The van der Waals surface area contributed by atoms with E-state index in [0.29, 0.717) is 17.2 Å². The van der Waals surface area contributed by atoms with Gasteiger partial charge in [0.15, 0.2) is 0 Å². The van der Waals surface area contributed by atoms with Gasteiger partial charge in [-0.25, -0.2) is 4.98 Å². The maximum Gasteiger partial charge on any atom is 0.273 e. The van der Waals surface area contributed by atoms with Crippen LogP contribution in [0.4, 0.5) is 0 Å². The first kappa shape index (κ1) is 16.4. The van der Waals surface area contributed by atoms with Crippen molar-refractivity contribution in [1.82, 2.24) is 15.2 Å². The Balaban J connectivity index is 1.38. The molecule has 0 saturated carbocycles. The highest BCUT2D eigenvalue weighted by atomic mass is 32.2. The zero-order chi connectivity index (χ0) is 16.5. The standard InChI is InChI=1S/C16H19N3O2S3/c1-21-16-17-8-14(24-16)23-13-3-2-12(22-13)15(20)18-11-9-19-6-4-10(11)5-7-19/h2-3,8,10-11H,4-7,9H2,1H3,(H,18,20). The second-order valence-corrected chi connectivity index (χ2v) is 9.77. The zero-order valence-corrected chi connectivity index (χ0v) is 15.8. The molecular weight excluding hydrogens is 362 g/mol. The summed E-state index contributed by atoms with van der Waals surface area (Å²) in [5.41, 5.74) is 0. The summed E-state index contributed by atoms with van der Waals surface area (Å²) in [7, 11) is 1.62. The normalized spacial score (nSPS) is 25.6. The average molecular weight is 382 g/mol. The monoisotopic (exact) mass is 381 g/mol. The molecule has 2 bridgehead atoms. The van der Waals surface area contributed by atoms with E-state index in [4.69, 9.17) is 4.74 Å². The molecule has 1 amide bonds. The molecule has 5 heterocycles. The van der Waals surface area contributed by atoms with E-state index in [0.717, 1.165) is 19.8 Å². The van der Waals surface area contributed by atoms with Crippen LogP contribution < -0.4 is 10.1 Å². The Bertz CT molecular complexity index is 722. The Morgan fingerprint density at radius 1 is 1.33 bits per heavy atom. The van der Waals surface area contributed by atoms with Gasteiger partial charge in [0.25, 0.3) is 11.1 Å². The van der Waals surface area contributed by atoms with Crippen LogP contribution in [0.1, 0.15) is 22.5 Å². The van der Waals surface area contributed by atoms with Crippen molar-refractivity contribution >= 4 is 40.3 Å². The van der Waals surface area contributed by atoms with Crippen LogP contribution in [0.25, 0.3) is 0 Å². The lowest BCUT2D eigenvalue weighted by atomic mass is 9.84. The highest BCUT2D eigenvalue weighted by Gasteiger charge is 2.35. The summed E-state index contributed by atoms with van der Waals surface area (Å²) >= 11 is 4.68. The Hall–Kier alpha value is -1.09. The molecule has 0 aliphatic carbocycles. The number of carbonyl (C=O) groups is 1. The second kappa shape index (κ2) is 7.03. The number of thiophene rings is 1. The lowest BCUT2D eigenvalue weighted by Crippen LogP contribution is -2.57. The quantitative estimate of drug-likeness (QED) is 0.862. The van der Waals surface area contributed by atoms with Gasteiger partial charge in [-0.05, 0) is 44.0 Å². The number of rotatable bonds is 5. The highest BCUT2D eigenvalue weighted by molar-refractivity contribution is 8.02. The third kappa shape index (κ3) is 3.46. The van der Waals surface area contributed by atoms with E-state index in [-0.39, 0.29) is 5.91 Å². The summed E-state index contributed by atoms with van der Waals surface area (Å²) in [5, 5.41) is 3.91. The third-order valence-corrected chi connectivity index (χ3v) is 7.89. The van der Waals surface area contributed by atoms with Crippen LogP contribution in [0.3, 0.4) is 0 Å². The van der Waals surface area contributed by atoms with Crippen molar-refractivity contribution in [3.8, 4) is 5.19 Å². The number of carbonyl (C=O) groups excluding carboxylic acids is 1. The number of hydrogen-bond donors (Lipinski definition) is 1. The summed E-state index contributed by atoms with van der Waals surface area (Å²) in [6.07, 6.45) is 4.23. The molecule has 3 aliphatic rings. The number of thiazole rings is 1. The first-order chi connectivity index (χ1) is 11.7. The first-order valence-corrected chi connectivity index (χ1v) is 10.5. The van der Waals surface area contributed by atoms with E-state index in [2.05, 4.69) is 15.2 Å². The molecule has 2 aromatic rings. The molecule has 1 atom stereocenters. The summed E-state index contributed by atoms with van der Waals surface area (Å²) < 4.78 is 7.28. The molecule has 128 valence electrons. The van der Waals surface area contributed by atoms with Gasteiger partial charge in [0.2, 0.25) is 0 Å². The number of nitrogens with zero attached hydrogens (tertiary/aromatic N) is 2. The predicted molar refractivity (Wildman–Crippen MR) is 97.5 cm³/mol. The van der Waals surface area contributed by atoms with E-state index in [1.54, 1.807) is 25.1 Å². The number of methoxy groups -OCH3 is 1. The van der Waals surface area contributed by atoms with E-state index in [1.807, 2.05) is 12.1 Å². The lowest BCUT2D eigenvalue weighted by Gasteiger charge is -2.44. The van der Waals surface area contributed by atoms with E-state index in [1.165, 1.54) is 48.6 Å². The zero-order valence-electron chi connectivity index (χ0n) is 13.4. The average Bonchev–Trinajstić information content (AvgIpc) is 3.26. The smallest absolute Gasteiger partial charge is 0.273 e. The van der Waals surface area contributed by atoms with Crippen molar-refractivity contribution in [3.63, 3.8) is 0 Å². The van der Waals surface area contributed by atoms with Crippen LogP contribution in [0.15, 0.2) is 26.7 Å². The minimum absolute atomic E-state index is 0.0625. The fraction of sp³-hybridized carbons (Fsp3) is 0.500. The molecule has 5 rings (SSSR count). The first-order valence-electron chi connectivity index (χ1n) is 8.02. The molecule has 0 radical (unpaired) electrons. The largest absolute Gasteiger partial charge is 0.473 e. The predicted octanol–water partition coefficient (Wildman–Crippen LogP) is 3.19. The van der Waals surface area contributed by atoms with Gasteiger partial charge in [-0.15, -0.1) is 11.3 Å². The molecule has 2 aromatic heterocycles. The van der Waals surface area contributed by atoms with E-state index >= 15 is 0 Å². The van der Waals surface area contributed by atoms with Crippen molar-refractivity contribution < 1.29 is 9.53 Å². The fourth-order valence-corrected chi connectivity index (χ4v) is 6.41. The maximum absolute atomic E-state index is 12.5. The molecule has 3 fully saturated rings. The molecule has 3 saturated heterocycles. The van der Waals surface area contributed by atoms with E-state index in [9.17, 15) is 4.79 Å². The second-order valence-electron chi connectivity index (χ2n) is 6.09.